The fourth-order valence-electron chi connectivity index (χ4n) is 9.72. The van der Waals surface area contributed by atoms with Crippen LogP contribution in [0.15, 0.2) is 249 Å². The number of pyridine rings is 1. The first-order valence-electron chi connectivity index (χ1n) is 29.5. The highest BCUT2D eigenvalue weighted by Crippen LogP contribution is 2.28. The topological polar surface area (TPSA) is 12.9 Å². The second kappa shape index (κ2) is 32.1. The molecule has 0 bridgehead atoms. The molecule has 0 aliphatic heterocycles. The summed E-state index contributed by atoms with van der Waals surface area (Å²) in [5.74, 6) is 0. The van der Waals surface area contributed by atoms with E-state index in [1.165, 1.54) is 137 Å². The molecule has 0 atom stereocenters. The van der Waals surface area contributed by atoms with E-state index in [1.54, 1.807) is 0 Å². The van der Waals surface area contributed by atoms with Gasteiger partial charge in [-0.2, -0.15) is 0 Å². The highest BCUT2D eigenvalue weighted by atomic mass is 14.6. The van der Waals surface area contributed by atoms with E-state index >= 15 is 0 Å². The number of aryl methyl sites for hydroxylation is 16. The number of benzene rings is 12. The molecular formula is C83H89N. The highest BCUT2D eigenvalue weighted by Gasteiger charge is 2.03. The quantitative estimate of drug-likeness (QED) is 0.138. The van der Waals surface area contributed by atoms with E-state index in [-0.39, 0.29) is 0 Å². The monoisotopic (exact) mass is 1100 g/mol. The van der Waals surface area contributed by atoms with E-state index in [2.05, 4.69) is 339 Å². The Labute approximate surface area is 504 Å². The van der Waals surface area contributed by atoms with Crippen molar-refractivity contribution in [2.24, 2.45) is 0 Å². The molecule has 1 aromatic heterocycles. The maximum absolute atomic E-state index is 4.08. The van der Waals surface area contributed by atoms with Crippen molar-refractivity contribution in [3.63, 3.8) is 0 Å². The third kappa shape index (κ3) is 19.9. The molecule has 0 saturated carbocycles. The van der Waals surface area contributed by atoms with E-state index in [4.69, 9.17) is 0 Å². The van der Waals surface area contributed by atoms with Gasteiger partial charge in [-0.3, -0.25) is 4.98 Å². The van der Waals surface area contributed by atoms with Crippen LogP contribution in [0.4, 0.5) is 0 Å². The standard InChI is InChI=1S/C16H14.3C12H12.3C8H10.C7H9N/c1-11-5-3-7-13-10-16-12(2)6-4-8-14(16)9-15(11)13;1-9-3-5-12-8-10(2)4-6-11(12)7-9;1-9-5-3-8-12-10(2)6-4-7-11(9)12;1-9-7-8-10(2)12-6-4-3-5-11(9)12;1-7-3-5-8(2)6-4-7;1-7-4-3-5-8(2)6-7;1-7-5-3-4-6-8(7)2;1-6-3-4-7(2)8-5-6/h3-10H,1-2H3;3*3-8H,1-2H3;3*3-6H,1-2H3;3-5H,1-2H3. The first kappa shape index (κ1) is 64.3. The molecule has 1 heterocycles. The maximum atomic E-state index is 4.08. The minimum absolute atomic E-state index is 1.08. The smallest absolute Gasteiger partial charge is 0.0372 e. The third-order valence-electron chi connectivity index (χ3n) is 15.1. The molecule has 0 N–H and O–H groups in total. The summed E-state index contributed by atoms with van der Waals surface area (Å²) in [5, 5.41) is 13.6. The van der Waals surface area contributed by atoms with Gasteiger partial charge < -0.3 is 0 Å². The predicted molar refractivity (Wildman–Crippen MR) is 373 cm³/mol. The van der Waals surface area contributed by atoms with Gasteiger partial charge in [0.2, 0.25) is 0 Å². The van der Waals surface area contributed by atoms with Gasteiger partial charge in [-0.15, -0.1) is 0 Å². The molecule has 0 aliphatic carbocycles. The van der Waals surface area contributed by atoms with E-state index in [1.807, 2.05) is 26.1 Å². The Morgan fingerprint density at radius 3 is 0.821 bits per heavy atom. The summed E-state index contributed by atoms with van der Waals surface area (Å²) in [6.07, 6.45) is 1.87. The Morgan fingerprint density at radius 1 is 0.179 bits per heavy atom. The molecule has 13 rings (SSSR count). The molecule has 0 saturated heterocycles. The molecule has 0 aliphatic rings. The zero-order chi connectivity index (χ0) is 60.7. The van der Waals surface area contributed by atoms with Crippen LogP contribution in [0.5, 0.6) is 0 Å². The molecule has 1 heteroatoms. The largest absolute Gasteiger partial charge is 0.261 e. The second-order valence-corrected chi connectivity index (χ2v) is 22.7. The Kier molecular flexibility index (Phi) is 24.5. The Hall–Kier alpha value is -8.91. The van der Waals surface area contributed by atoms with Crippen LogP contribution >= 0.6 is 0 Å². The van der Waals surface area contributed by atoms with Crippen LogP contribution in [0.1, 0.15) is 89.1 Å². The Balaban J connectivity index is 0.000000156. The van der Waals surface area contributed by atoms with Gasteiger partial charge in [0.25, 0.3) is 0 Å². The lowest BCUT2D eigenvalue weighted by Gasteiger charge is -2.06. The Bertz CT molecular complexity index is 3830. The van der Waals surface area contributed by atoms with Crippen LogP contribution in [0.2, 0.25) is 0 Å². The van der Waals surface area contributed by atoms with Crippen molar-refractivity contribution in [2.75, 3.05) is 0 Å². The van der Waals surface area contributed by atoms with Gasteiger partial charge in [0, 0.05) is 11.9 Å². The van der Waals surface area contributed by atoms with Crippen molar-refractivity contribution in [2.45, 2.75) is 111 Å². The summed E-state index contributed by atoms with van der Waals surface area (Å²) in [4.78, 5) is 4.08. The lowest BCUT2D eigenvalue weighted by Crippen LogP contribution is -1.82. The summed E-state index contributed by atoms with van der Waals surface area (Å²) in [6.45, 7) is 33.9. The van der Waals surface area contributed by atoms with E-state index in [9.17, 15) is 0 Å². The summed E-state index contributed by atoms with van der Waals surface area (Å²) in [6, 6.07) is 85.8. The fourth-order valence-corrected chi connectivity index (χ4v) is 9.72. The van der Waals surface area contributed by atoms with E-state index in [0.717, 1.165) is 5.69 Å². The van der Waals surface area contributed by atoms with E-state index in [0.29, 0.717) is 0 Å². The molecule has 0 unspecified atom stereocenters. The lowest BCUT2D eigenvalue weighted by atomic mass is 9.98. The molecule has 0 amide bonds. The minimum Gasteiger partial charge on any atom is -0.261 e. The van der Waals surface area contributed by atoms with Crippen molar-refractivity contribution in [3.8, 4) is 0 Å². The average molecular weight is 1100 g/mol. The number of hydrogen-bond donors (Lipinski definition) is 0. The zero-order valence-electron chi connectivity index (χ0n) is 53.1. The average Bonchev–Trinajstić information content (AvgIpc) is 3.00. The number of hydrogen-bond acceptors (Lipinski definition) is 1. The first-order chi connectivity index (χ1) is 40.3. The van der Waals surface area contributed by atoms with Gasteiger partial charge in [-0.05, 0) is 233 Å². The molecule has 0 radical (unpaired) electrons. The van der Waals surface area contributed by atoms with Gasteiger partial charge in [-0.25, -0.2) is 0 Å². The Morgan fingerprint density at radius 2 is 0.476 bits per heavy atom. The van der Waals surface area contributed by atoms with Gasteiger partial charge in [0.15, 0.2) is 0 Å². The van der Waals surface area contributed by atoms with Crippen LogP contribution < -0.4 is 0 Å². The van der Waals surface area contributed by atoms with Crippen LogP contribution in [0.25, 0.3) is 53.9 Å². The summed E-state index contributed by atoms with van der Waals surface area (Å²) < 4.78 is 0. The van der Waals surface area contributed by atoms with Gasteiger partial charge in [0.05, 0.1) is 0 Å². The normalized spacial score (nSPS) is 10.1. The summed E-state index contributed by atoms with van der Waals surface area (Å²) in [5.41, 5.74) is 21.1. The molecule has 12 aromatic carbocycles. The molecule has 1 nitrogen and oxygen atoms in total. The van der Waals surface area contributed by atoms with Crippen LogP contribution in [-0.4, -0.2) is 4.98 Å². The maximum Gasteiger partial charge on any atom is 0.0372 e. The van der Waals surface area contributed by atoms with Crippen LogP contribution in [0, 0.1) is 111 Å². The summed E-state index contributed by atoms with van der Waals surface area (Å²) in [7, 11) is 0. The van der Waals surface area contributed by atoms with Gasteiger partial charge in [-0.1, -0.05) is 258 Å². The highest BCUT2D eigenvalue weighted by molar-refractivity contribution is 6.00. The number of nitrogens with zero attached hydrogens (tertiary/aromatic N) is 1. The van der Waals surface area contributed by atoms with Crippen LogP contribution in [-0.2, 0) is 0 Å². The number of fused-ring (bicyclic) bond motifs is 5. The SMILES string of the molecule is Cc1ccc(C)c2ccccc12.Cc1ccc(C)cc1.Cc1ccc(C)nc1.Cc1ccc2cc(C)ccc2c1.Cc1cccc(C)c1.Cc1cccc2c(C)cccc12.Cc1cccc2cc3c(C)cccc3cc12.Cc1ccccc1C. The van der Waals surface area contributed by atoms with Gasteiger partial charge in [0.1, 0.15) is 0 Å². The van der Waals surface area contributed by atoms with E-state index < -0.39 is 0 Å². The van der Waals surface area contributed by atoms with Gasteiger partial charge >= 0.3 is 0 Å². The predicted octanol–water partition coefficient (Wildman–Crippen LogP) is 23.6. The van der Waals surface area contributed by atoms with Crippen molar-refractivity contribution in [1.82, 2.24) is 4.98 Å². The third-order valence-corrected chi connectivity index (χ3v) is 15.1. The molecular weight excluding hydrogens is 1010 g/mol. The van der Waals surface area contributed by atoms with Crippen LogP contribution in [0.3, 0.4) is 0 Å². The van der Waals surface area contributed by atoms with Crippen molar-refractivity contribution >= 4 is 53.9 Å². The zero-order valence-corrected chi connectivity index (χ0v) is 53.1. The molecule has 0 fully saturated rings. The molecule has 0 spiro atoms. The van der Waals surface area contributed by atoms with Crippen molar-refractivity contribution in [3.05, 3.63) is 338 Å². The molecule has 426 valence electrons. The van der Waals surface area contributed by atoms with Crippen molar-refractivity contribution < 1.29 is 0 Å². The fraction of sp³-hybridized carbons (Fsp3) is 0.193. The first-order valence-corrected chi connectivity index (χ1v) is 29.5. The molecule has 13 aromatic rings. The second-order valence-electron chi connectivity index (χ2n) is 22.7. The summed E-state index contributed by atoms with van der Waals surface area (Å²) >= 11 is 0. The number of rotatable bonds is 0. The minimum atomic E-state index is 1.08. The lowest BCUT2D eigenvalue weighted by molar-refractivity contribution is 1.17. The molecule has 84 heavy (non-hydrogen) atoms. The number of aromatic nitrogens is 1. The van der Waals surface area contributed by atoms with Crippen molar-refractivity contribution in [1.29, 1.82) is 0 Å².